The summed E-state index contributed by atoms with van der Waals surface area (Å²) in [6.45, 7) is 1.67. The van der Waals surface area contributed by atoms with Gasteiger partial charge in [0.2, 0.25) is 0 Å². The molecule has 0 radical (unpaired) electrons. The molecule has 2 aliphatic heterocycles. The highest BCUT2D eigenvalue weighted by Gasteiger charge is 2.44. The largest absolute Gasteiger partial charge is 0.474 e. The van der Waals surface area contributed by atoms with Crippen molar-refractivity contribution in [3.05, 3.63) is 89.0 Å². The molecule has 146 valence electrons. The Morgan fingerprint density at radius 2 is 1.90 bits per heavy atom. The number of nitrogens with zero attached hydrogens (tertiary/aromatic N) is 1. The van der Waals surface area contributed by atoms with Crippen molar-refractivity contribution in [3.8, 4) is 0 Å². The van der Waals surface area contributed by atoms with Crippen molar-refractivity contribution >= 4 is 17.5 Å². The molecule has 3 aliphatic rings. The second kappa shape index (κ2) is 6.58. The first-order chi connectivity index (χ1) is 14.0. The van der Waals surface area contributed by atoms with E-state index in [1.165, 1.54) is 28.9 Å². The molecule has 3 atom stereocenters. The maximum atomic E-state index is 14.3. The van der Waals surface area contributed by atoms with Crippen LogP contribution in [0, 0.1) is 11.7 Å². The molecule has 3 unspecified atom stereocenters. The number of anilines is 1. The quantitative estimate of drug-likeness (QED) is 0.646. The molecule has 0 spiro atoms. The van der Waals surface area contributed by atoms with E-state index in [4.69, 9.17) is 4.74 Å². The molecule has 1 aliphatic carbocycles. The molecule has 6 heteroatoms. The number of carbonyl (C=O) groups excluding carboxylic acids is 2. The fourth-order valence-corrected chi connectivity index (χ4v) is 4.40. The molecular weight excluding hydrogens is 371 g/mol. The highest BCUT2D eigenvalue weighted by atomic mass is 19.1. The Balaban J connectivity index is 1.43. The monoisotopic (exact) mass is 390 g/mol. The molecule has 1 saturated heterocycles. The van der Waals surface area contributed by atoms with Gasteiger partial charge >= 0.3 is 0 Å². The van der Waals surface area contributed by atoms with Gasteiger partial charge in [0, 0.05) is 11.5 Å². The van der Waals surface area contributed by atoms with Crippen molar-refractivity contribution in [1.29, 1.82) is 0 Å². The van der Waals surface area contributed by atoms with Crippen LogP contribution < -0.4 is 10.2 Å². The third kappa shape index (κ3) is 2.75. The smallest absolute Gasteiger partial charge is 0.257 e. The summed E-state index contributed by atoms with van der Waals surface area (Å²) < 4.78 is 20.2. The number of fused-ring (bicyclic) bond motifs is 3. The molecule has 5 nitrogen and oxygen atoms in total. The van der Waals surface area contributed by atoms with Gasteiger partial charge in [0.05, 0.1) is 23.6 Å². The summed E-state index contributed by atoms with van der Waals surface area (Å²) in [6, 6.07) is 14.1. The fourth-order valence-electron chi connectivity index (χ4n) is 4.40. The van der Waals surface area contributed by atoms with E-state index in [-0.39, 0.29) is 29.5 Å². The van der Waals surface area contributed by atoms with E-state index < -0.39 is 12.0 Å². The highest BCUT2D eigenvalue weighted by Crippen LogP contribution is 2.44. The molecule has 0 aromatic heterocycles. The van der Waals surface area contributed by atoms with Crippen molar-refractivity contribution in [2.75, 3.05) is 4.90 Å². The Kier molecular flexibility index (Phi) is 4.01. The molecule has 2 aromatic rings. The maximum absolute atomic E-state index is 14.3. The summed E-state index contributed by atoms with van der Waals surface area (Å²) in [4.78, 5) is 26.4. The lowest BCUT2D eigenvalue weighted by atomic mass is 9.97. The van der Waals surface area contributed by atoms with Crippen LogP contribution in [-0.4, -0.2) is 18.0 Å². The van der Waals surface area contributed by atoms with Gasteiger partial charge in [-0.3, -0.25) is 14.5 Å². The third-order valence-corrected chi connectivity index (χ3v) is 5.83. The Bertz CT molecular complexity index is 1090. The second-order valence-corrected chi connectivity index (χ2v) is 7.54. The number of rotatable bonds is 3. The highest BCUT2D eigenvalue weighted by molar-refractivity contribution is 6.08. The van der Waals surface area contributed by atoms with Gasteiger partial charge in [0.1, 0.15) is 5.82 Å². The first-order valence-corrected chi connectivity index (χ1v) is 9.55. The maximum Gasteiger partial charge on any atom is 0.257 e. The van der Waals surface area contributed by atoms with Crippen LogP contribution in [0.5, 0.6) is 0 Å². The lowest BCUT2D eigenvalue weighted by Crippen LogP contribution is -2.36. The predicted molar refractivity (Wildman–Crippen MR) is 105 cm³/mol. The standard InChI is InChI=1S/C23H19FN2O3/c1-13-10-20(26(23(13)28)19-9-5-4-8-18(19)24)29-12-17-16-11-14-6-2-3-7-15(14)21(16)25-22(17)27/h2-10,12,16,20-21H,11H2,1H3,(H,25,27). The first-order valence-electron chi connectivity index (χ1n) is 9.55. The van der Waals surface area contributed by atoms with E-state index in [0.29, 0.717) is 11.1 Å². The molecule has 2 amide bonds. The summed E-state index contributed by atoms with van der Waals surface area (Å²) in [5.74, 6) is -1.00. The van der Waals surface area contributed by atoms with E-state index in [9.17, 15) is 14.0 Å². The van der Waals surface area contributed by atoms with Crippen LogP contribution in [0.1, 0.15) is 24.1 Å². The molecule has 2 aromatic carbocycles. The van der Waals surface area contributed by atoms with Gasteiger partial charge < -0.3 is 10.1 Å². The summed E-state index contributed by atoms with van der Waals surface area (Å²) in [5.41, 5.74) is 3.52. The number of halogens is 1. The number of para-hydroxylation sites is 1. The zero-order chi connectivity index (χ0) is 20.1. The zero-order valence-electron chi connectivity index (χ0n) is 15.8. The molecular formula is C23H19FN2O3. The van der Waals surface area contributed by atoms with E-state index in [1.54, 1.807) is 25.1 Å². The number of hydrogen-bond acceptors (Lipinski definition) is 3. The van der Waals surface area contributed by atoms with Crippen LogP contribution in [0.15, 0.2) is 72.0 Å². The zero-order valence-corrected chi connectivity index (χ0v) is 15.8. The van der Waals surface area contributed by atoms with E-state index in [2.05, 4.69) is 11.4 Å². The lowest BCUT2D eigenvalue weighted by molar-refractivity contribution is -0.116. The second-order valence-electron chi connectivity index (χ2n) is 7.54. The van der Waals surface area contributed by atoms with Crippen LogP contribution in [0.3, 0.4) is 0 Å². The molecule has 29 heavy (non-hydrogen) atoms. The number of amides is 2. The van der Waals surface area contributed by atoms with Crippen LogP contribution in [0.4, 0.5) is 10.1 Å². The number of carbonyl (C=O) groups is 2. The minimum atomic E-state index is -0.803. The Morgan fingerprint density at radius 1 is 1.14 bits per heavy atom. The minimum Gasteiger partial charge on any atom is -0.474 e. The van der Waals surface area contributed by atoms with Crippen molar-refractivity contribution in [2.24, 2.45) is 5.92 Å². The van der Waals surface area contributed by atoms with Gasteiger partial charge in [-0.05, 0) is 42.7 Å². The Morgan fingerprint density at radius 3 is 2.72 bits per heavy atom. The molecule has 1 fully saturated rings. The summed E-state index contributed by atoms with van der Waals surface area (Å²) in [5, 5.41) is 3.02. The van der Waals surface area contributed by atoms with Crippen molar-refractivity contribution in [1.82, 2.24) is 5.32 Å². The van der Waals surface area contributed by atoms with Crippen molar-refractivity contribution in [2.45, 2.75) is 25.6 Å². The number of ether oxygens (including phenoxy) is 1. The molecule has 2 heterocycles. The van der Waals surface area contributed by atoms with E-state index >= 15 is 0 Å². The normalized spacial score (nSPS) is 26.4. The van der Waals surface area contributed by atoms with Crippen LogP contribution in [0.2, 0.25) is 0 Å². The van der Waals surface area contributed by atoms with E-state index in [1.807, 2.05) is 18.2 Å². The van der Waals surface area contributed by atoms with Crippen LogP contribution in [0.25, 0.3) is 0 Å². The SMILES string of the molecule is CC1=CC(OC=C2C(=O)NC3c4ccccc4CC23)N(c2ccccc2F)C1=O. The molecule has 1 N–H and O–H groups in total. The predicted octanol–water partition coefficient (Wildman–Crippen LogP) is 3.39. The van der Waals surface area contributed by atoms with Gasteiger partial charge in [0.25, 0.3) is 11.8 Å². The Hall–Kier alpha value is -3.41. The lowest BCUT2D eigenvalue weighted by Gasteiger charge is -2.24. The topological polar surface area (TPSA) is 58.6 Å². The van der Waals surface area contributed by atoms with Gasteiger partial charge in [-0.1, -0.05) is 36.4 Å². The summed E-state index contributed by atoms with van der Waals surface area (Å²) in [6.07, 6.45) is 3.03. The number of hydrogen-bond donors (Lipinski definition) is 1. The van der Waals surface area contributed by atoms with Gasteiger partial charge in [0.15, 0.2) is 6.23 Å². The average molecular weight is 390 g/mol. The summed E-state index contributed by atoms with van der Waals surface area (Å²) in [7, 11) is 0. The Labute approximate surface area is 167 Å². The molecule has 5 rings (SSSR count). The van der Waals surface area contributed by atoms with Crippen molar-refractivity contribution in [3.63, 3.8) is 0 Å². The summed E-state index contributed by atoms with van der Waals surface area (Å²) >= 11 is 0. The van der Waals surface area contributed by atoms with Crippen molar-refractivity contribution < 1.29 is 18.7 Å². The third-order valence-electron chi connectivity index (χ3n) is 5.83. The van der Waals surface area contributed by atoms with Gasteiger partial charge in [-0.15, -0.1) is 0 Å². The molecule has 0 bridgehead atoms. The molecule has 0 saturated carbocycles. The average Bonchev–Trinajstić information content (AvgIpc) is 3.31. The van der Waals surface area contributed by atoms with Crippen LogP contribution >= 0.6 is 0 Å². The first kappa shape index (κ1) is 17.7. The van der Waals surface area contributed by atoms with Crippen LogP contribution in [-0.2, 0) is 20.7 Å². The number of nitrogens with one attached hydrogen (secondary N) is 1. The number of benzene rings is 2. The fraction of sp³-hybridized carbons (Fsp3) is 0.217. The minimum absolute atomic E-state index is 0.0102. The van der Waals surface area contributed by atoms with Gasteiger partial charge in [-0.25, -0.2) is 4.39 Å². The van der Waals surface area contributed by atoms with Gasteiger partial charge in [-0.2, -0.15) is 0 Å². The van der Waals surface area contributed by atoms with E-state index in [0.717, 1.165) is 12.0 Å².